The summed E-state index contributed by atoms with van der Waals surface area (Å²) in [6, 6.07) is 24.6. The lowest BCUT2D eigenvalue weighted by Gasteiger charge is -2.02. The van der Waals surface area contributed by atoms with Crippen LogP contribution in [0.2, 0.25) is 5.02 Å². The summed E-state index contributed by atoms with van der Waals surface area (Å²) >= 11 is 5.81. The Kier molecular flexibility index (Phi) is 5.04. The predicted molar refractivity (Wildman–Crippen MR) is 99.8 cm³/mol. The van der Waals surface area contributed by atoms with E-state index in [2.05, 4.69) is 10.5 Å². The second-order valence-electron chi connectivity index (χ2n) is 5.18. The van der Waals surface area contributed by atoms with E-state index in [9.17, 15) is 4.79 Å². The summed E-state index contributed by atoms with van der Waals surface area (Å²) in [5.41, 5.74) is 6.35. The number of halogens is 1. The maximum atomic E-state index is 12.1. The van der Waals surface area contributed by atoms with E-state index in [1.807, 2.05) is 42.5 Å². The first-order chi connectivity index (χ1) is 11.7. The van der Waals surface area contributed by atoms with Crippen LogP contribution >= 0.6 is 11.6 Å². The third-order valence-electron chi connectivity index (χ3n) is 3.50. The number of anilines is 1. The molecule has 1 N–H and O–H groups in total. The van der Waals surface area contributed by atoms with Gasteiger partial charge >= 0.3 is 0 Å². The van der Waals surface area contributed by atoms with Crippen molar-refractivity contribution >= 4 is 29.3 Å². The highest BCUT2D eigenvalue weighted by Crippen LogP contribution is 2.19. The van der Waals surface area contributed by atoms with Crippen molar-refractivity contribution in [1.82, 2.24) is 0 Å². The molecule has 0 saturated heterocycles. The molecular weight excluding hydrogens is 320 g/mol. The van der Waals surface area contributed by atoms with E-state index in [-0.39, 0.29) is 5.78 Å². The molecule has 0 unspecified atom stereocenters. The second kappa shape index (κ2) is 7.57. The number of nitrogens with one attached hydrogen (secondary N) is 1. The Morgan fingerprint density at radius 1 is 0.833 bits per heavy atom. The van der Waals surface area contributed by atoms with Gasteiger partial charge in [-0.15, -0.1) is 0 Å². The standard InChI is InChI=1S/C20H15ClN2O/c21-18-10-12-19(13-11-18)23-22-14-20(24)17-8-6-16(7-9-17)15-4-2-1-3-5-15/h1-14,23H/b22-14+. The molecule has 0 amide bonds. The maximum absolute atomic E-state index is 12.1. The lowest BCUT2D eigenvalue weighted by molar-refractivity contribution is 0.107. The van der Waals surface area contributed by atoms with Crippen molar-refractivity contribution in [2.24, 2.45) is 5.10 Å². The van der Waals surface area contributed by atoms with Crippen molar-refractivity contribution in [3.8, 4) is 11.1 Å². The highest BCUT2D eigenvalue weighted by Gasteiger charge is 2.03. The Morgan fingerprint density at radius 3 is 2.12 bits per heavy atom. The quantitative estimate of drug-likeness (QED) is 0.391. The molecule has 0 saturated carbocycles. The summed E-state index contributed by atoms with van der Waals surface area (Å²) in [5.74, 6) is -0.156. The SMILES string of the molecule is O=C(/C=N/Nc1ccc(Cl)cc1)c1ccc(-c2ccccc2)cc1. The van der Waals surface area contributed by atoms with Crippen LogP contribution in [0.15, 0.2) is 84.0 Å². The zero-order valence-electron chi connectivity index (χ0n) is 12.8. The Bertz CT molecular complexity index is 841. The molecule has 0 radical (unpaired) electrons. The molecule has 24 heavy (non-hydrogen) atoms. The zero-order valence-corrected chi connectivity index (χ0v) is 13.6. The first-order valence-corrected chi connectivity index (χ1v) is 7.84. The van der Waals surface area contributed by atoms with Crippen molar-refractivity contribution in [1.29, 1.82) is 0 Å². The number of carbonyl (C=O) groups is 1. The van der Waals surface area contributed by atoms with Crippen molar-refractivity contribution in [2.45, 2.75) is 0 Å². The van der Waals surface area contributed by atoms with Gasteiger partial charge in [-0.2, -0.15) is 5.10 Å². The Hall–Kier alpha value is -2.91. The first-order valence-electron chi connectivity index (χ1n) is 7.47. The van der Waals surface area contributed by atoms with Gasteiger partial charge in [0.2, 0.25) is 5.78 Å². The van der Waals surface area contributed by atoms with Gasteiger partial charge in [0.25, 0.3) is 0 Å². The maximum Gasteiger partial charge on any atom is 0.205 e. The summed E-state index contributed by atoms with van der Waals surface area (Å²) in [6.45, 7) is 0. The van der Waals surface area contributed by atoms with Crippen LogP contribution < -0.4 is 5.43 Å². The Balaban J connectivity index is 1.64. The molecule has 0 heterocycles. The molecule has 0 aliphatic heterocycles. The summed E-state index contributed by atoms with van der Waals surface area (Å²) < 4.78 is 0. The van der Waals surface area contributed by atoms with Crippen molar-refractivity contribution in [2.75, 3.05) is 5.43 Å². The van der Waals surface area contributed by atoms with Crippen LogP contribution in [0.5, 0.6) is 0 Å². The van der Waals surface area contributed by atoms with E-state index in [1.54, 1.807) is 36.4 Å². The summed E-state index contributed by atoms with van der Waals surface area (Å²) in [6.07, 6.45) is 1.27. The van der Waals surface area contributed by atoms with Crippen LogP contribution in [0.3, 0.4) is 0 Å². The van der Waals surface area contributed by atoms with Gasteiger partial charge in [0.1, 0.15) is 0 Å². The number of ketones is 1. The fourth-order valence-corrected chi connectivity index (χ4v) is 2.35. The monoisotopic (exact) mass is 334 g/mol. The number of hydrazone groups is 1. The predicted octanol–water partition coefficient (Wildman–Crippen LogP) is 5.29. The average Bonchev–Trinajstić information content (AvgIpc) is 2.64. The molecule has 0 aromatic heterocycles. The summed E-state index contributed by atoms with van der Waals surface area (Å²) in [4.78, 5) is 12.1. The van der Waals surface area contributed by atoms with Gasteiger partial charge in [-0.05, 0) is 35.4 Å². The molecule has 4 heteroatoms. The minimum Gasteiger partial charge on any atom is -0.287 e. The van der Waals surface area contributed by atoms with E-state index in [0.29, 0.717) is 10.6 Å². The van der Waals surface area contributed by atoms with Crippen molar-refractivity contribution in [3.63, 3.8) is 0 Å². The van der Waals surface area contributed by atoms with Gasteiger partial charge in [0.05, 0.1) is 11.9 Å². The van der Waals surface area contributed by atoms with Gasteiger partial charge in [0.15, 0.2) is 0 Å². The third-order valence-corrected chi connectivity index (χ3v) is 3.75. The Morgan fingerprint density at radius 2 is 1.46 bits per heavy atom. The summed E-state index contributed by atoms with van der Waals surface area (Å²) in [5, 5.41) is 4.61. The van der Waals surface area contributed by atoms with Gasteiger partial charge < -0.3 is 0 Å². The minimum atomic E-state index is -0.156. The van der Waals surface area contributed by atoms with Crippen LogP contribution in [0.4, 0.5) is 5.69 Å². The molecule has 3 nitrogen and oxygen atoms in total. The lowest BCUT2D eigenvalue weighted by Crippen LogP contribution is -2.02. The fourth-order valence-electron chi connectivity index (χ4n) is 2.22. The second-order valence-corrected chi connectivity index (χ2v) is 5.62. The first kappa shape index (κ1) is 16.0. The number of hydrogen-bond donors (Lipinski definition) is 1. The molecule has 3 aromatic carbocycles. The van der Waals surface area contributed by atoms with Gasteiger partial charge in [0, 0.05) is 10.6 Å². The number of benzene rings is 3. The topological polar surface area (TPSA) is 41.5 Å². The highest BCUT2D eigenvalue weighted by atomic mass is 35.5. The molecule has 3 rings (SSSR count). The minimum absolute atomic E-state index is 0.156. The third kappa shape index (κ3) is 4.09. The fraction of sp³-hybridized carbons (Fsp3) is 0. The van der Waals surface area contributed by atoms with Crippen LogP contribution in [0.1, 0.15) is 10.4 Å². The average molecular weight is 335 g/mol. The molecular formula is C20H15ClN2O. The highest BCUT2D eigenvalue weighted by molar-refractivity contribution is 6.35. The van der Waals surface area contributed by atoms with E-state index in [1.165, 1.54) is 6.21 Å². The number of carbonyl (C=O) groups excluding carboxylic acids is 1. The molecule has 3 aromatic rings. The zero-order chi connectivity index (χ0) is 16.8. The number of nitrogens with zero attached hydrogens (tertiary/aromatic N) is 1. The van der Waals surface area contributed by atoms with E-state index in [4.69, 9.17) is 11.6 Å². The molecule has 0 bridgehead atoms. The van der Waals surface area contributed by atoms with Crippen LogP contribution in [0, 0.1) is 0 Å². The van der Waals surface area contributed by atoms with E-state index >= 15 is 0 Å². The normalized spacial score (nSPS) is 10.7. The molecule has 118 valence electrons. The number of hydrogen-bond acceptors (Lipinski definition) is 3. The largest absolute Gasteiger partial charge is 0.287 e. The number of rotatable bonds is 5. The van der Waals surface area contributed by atoms with E-state index < -0.39 is 0 Å². The summed E-state index contributed by atoms with van der Waals surface area (Å²) in [7, 11) is 0. The Labute approximate surface area is 145 Å². The smallest absolute Gasteiger partial charge is 0.205 e. The molecule has 0 aliphatic carbocycles. The molecule has 0 fully saturated rings. The van der Waals surface area contributed by atoms with E-state index in [0.717, 1.165) is 16.8 Å². The number of Topliss-reactive ketones (excluding diaryl/α,β-unsaturated/α-hetero) is 1. The van der Waals surface area contributed by atoms with Crippen molar-refractivity contribution in [3.05, 3.63) is 89.4 Å². The van der Waals surface area contributed by atoms with Gasteiger partial charge in [-0.1, -0.05) is 66.2 Å². The van der Waals surface area contributed by atoms with Crippen LogP contribution in [0.25, 0.3) is 11.1 Å². The van der Waals surface area contributed by atoms with Crippen molar-refractivity contribution < 1.29 is 4.79 Å². The van der Waals surface area contributed by atoms with Gasteiger partial charge in [-0.3, -0.25) is 10.2 Å². The van der Waals surface area contributed by atoms with Crippen LogP contribution in [-0.4, -0.2) is 12.0 Å². The van der Waals surface area contributed by atoms with Gasteiger partial charge in [-0.25, -0.2) is 0 Å². The molecule has 0 spiro atoms. The molecule has 0 aliphatic rings. The molecule has 0 atom stereocenters. The van der Waals surface area contributed by atoms with Crippen LogP contribution in [-0.2, 0) is 0 Å². The lowest BCUT2D eigenvalue weighted by atomic mass is 10.0.